The van der Waals surface area contributed by atoms with E-state index in [2.05, 4.69) is 48.4 Å². The summed E-state index contributed by atoms with van der Waals surface area (Å²) in [6.07, 6.45) is 7.96. The highest BCUT2D eigenvalue weighted by atomic mass is 16.2. The van der Waals surface area contributed by atoms with Crippen molar-refractivity contribution in [2.24, 2.45) is 0 Å². The van der Waals surface area contributed by atoms with Crippen LogP contribution in [0.4, 0.5) is 0 Å². The van der Waals surface area contributed by atoms with Gasteiger partial charge in [-0.2, -0.15) is 0 Å². The van der Waals surface area contributed by atoms with E-state index < -0.39 is 0 Å². The lowest BCUT2D eigenvalue weighted by atomic mass is 9.60. The number of hydrogen-bond acceptors (Lipinski definition) is 1. The van der Waals surface area contributed by atoms with E-state index in [9.17, 15) is 4.79 Å². The third kappa shape index (κ3) is 2.44. The van der Waals surface area contributed by atoms with E-state index >= 15 is 0 Å². The van der Waals surface area contributed by atoms with Crippen LogP contribution in [0.15, 0.2) is 48.7 Å². The lowest BCUT2D eigenvalue weighted by Gasteiger charge is -2.43. The van der Waals surface area contributed by atoms with Gasteiger partial charge in [-0.1, -0.05) is 49.7 Å². The molecule has 1 aliphatic heterocycles. The molecule has 1 aromatic heterocycles. The topological polar surface area (TPSA) is 36.1 Å². The fraction of sp³-hybridized carbons (Fsp3) is 0.375. The Morgan fingerprint density at radius 3 is 2.44 bits per heavy atom. The average Bonchev–Trinajstić information content (AvgIpc) is 3.04. The van der Waals surface area contributed by atoms with Crippen LogP contribution in [-0.2, 0) is 11.8 Å². The van der Waals surface area contributed by atoms with Gasteiger partial charge in [0.15, 0.2) is 0 Å². The second-order valence-electron chi connectivity index (χ2n) is 8.06. The van der Waals surface area contributed by atoms with E-state index in [0.29, 0.717) is 0 Å². The number of likely N-dealkylation sites (tertiary alicyclic amines) is 1. The van der Waals surface area contributed by atoms with Gasteiger partial charge in [-0.05, 0) is 48.4 Å². The summed E-state index contributed by atoms with van der Waals surface area (Å²) >= 11 is 0. The molecule has 0 atom stereocenters. The normalized spacial score (nSPS) is 18.2. The second-order valence-corrected chi connectivity index (χ2v) is 8.06. The van der Waals surface area contributed by atoms with Gasteiger partial charge >= 0.3 is 0 Å². The smallest absolute Gasteiger partial charge is 0.255 e. The maximum Gasteiger partial charge on any atom is 0.255 e. The molecule has 2 aromatic carbocycles. The van der Waals surface area contributed by atoms with Crippen LogP contribution in [-0.4, -0.2) is 28.9 Å². The number of aryl methyl sites for hydroxylation is 1. The summed E-state index contributed by atoms with van der Waals surface area (Å²) in [5.74, 6) is 0.162. The molecule has 0 unspecified atom stereocenters. The molecule has 27 heavy (non-hydrogen) atoms. The summed E-state index contributed by atoms with van der Waals surface area (Å²) < 4.78 is 0. The van der Waals surface area contributed by atoms with Gasteiger partial charge in [0, 0.05) is 30.1 Å². The van der Waals surface area contributed by atoms with Gasteiger partial charge in [-0.3, -0.25) is 4.79 Å². The summed E-state index contributed by atoms with van der Waals surface area (Å²) in [5, 5.41) is 1.21. The molecule has 1 amide bonds. The van der Waals surface area contributed by atoms with E-state index in [4.69, 9.17) is 0 Å². The molecule has 0 bridgehead atoms. The van der Waals surface area contributed by atoms with Crippen molar-refractivity contribution in [2.75, 3.05) is 13.1 Å². The van der Waals surface area contributed by atoms with Crippen LogP contribution in [0.5, 0.6) is 0 Å². The van der Waals surface area contributed by atoms with Gasteiger partial charge in [-0.25, -0.2) is 0 Å². The molecule has 1 saturated heterocycles. The van der Waals surface area contributed by atoms with Gasteiger partial charge in [0.2, 0.25) is 0 Å². The van der Waals surface area contributed by atoms with Crippen molar-refractivity contribution in [3.8, 4) is 0 Å². The largest absolute Gasteiger partial charge is 0.360 e. The number of aromatic amines is 1. The molecular formula is C24H26N2O. The molecule has 3 aromatic rings. The van der Waals surface area contributed by atoms with E-state index in [1.807, 2.05) is 17.0 Å². The number of carbonyl (C=O) groups is 1. The predicted octanol–water partition coefficient (Wildman–Crippen LogP) is 5.05. The predicted molar refractivity (Wildman–Crippen MR) is 109 cm³/mol. The number of fused-ring (bicyclic) bond motifs is 1. The highest BCUT2D eigenvalue weighted by Crippen LogP contribution is 2.51. The number of carbonyl (C=O) groups excluding carboxylic acids is 1. The number of H-pyrrole nitrogens is 1. The first-order chi connectivity index (χ1) is 13.2. The van der Waals surface area contributed by atoms with Crippen LogP contribution >= 0.6 is 0 Å². The minimum Gasteiger partial charge on any atom is -0.360 e. The third-order valence-corrected chi connectivity index (χ3v) is 6.73. The standard InChI is InChI=1S/C24H26N2O/c1-2-17-8-10-18(11-9-17)24(12-4-13-24)21-16-25-22-19(21)6-3-7-20(22)23(27)26-14-5-15-26/h3,6-11,16,25H,2,4-5,12-15H2,1H3. The number of para-hydroxylation sites is 1. The van der Waals surface area contributed by atoms with Crippen LogP contribution in [0.3, 0.4) is 0 Å². The minimum absolute atomic E-state index is 0.0863. The Morgan fingerprint density at radius 2 is 1.85 bits per heavy atom. The monoisotopic (exact) mass is 358 g/mol. The second kappa shape index (κ2) is 6.26. The van der Waals surface area contributed by atoms with Gasteiger partial charge in [0.05, 0.1) is 11.1 Å². The number of aromatic nitrogens is 1. The summed E-state index contributed by atoms with van der Waals surface area (Å²) in [4.78, 5) is 18.2. The molecule has 2 aliphatic rings. The Kier molecular flexibility index (Phi) is 3.85. The van der Waals surface area contributed by atoms with Gasteiger partial charge in [0.25, 0.3) is 5.91 Å². The zero-order valence-corrected chi connectivity index (χ0v) is 15.9. The number of nitrogens with zero attached hydrogens (tertiary/aromatic N) is 1. The molecule has 5 rings (SSSR count). The van der Waals surface area contributed by atoms with Gasteiger partial charge in [-0.15, -0.1) is 0 Å². The quantitative estimate of drug-likeness (QED) is 0.696. The minimum atomic E-state index is 0.0863. The summed E-state index contributed by atoms with van der Waals surface area (Å²) in [7, 11) is 0. The molecule has 0 spiro atoms. The van der Waals surface area contributed by atoms with Crippen LogP contribution in [0, 0.1) is 0 Å². The van der Waals surface area contributed by atoms with Gasteiger partial charge < -0.3 is 9.88 Å². The van der Waals surface area contributed by atoms with Gasteiger partial charge in [0.1, 0.15) is 0 Å². The van der Waals surface area contributed by atoms with Crippen LogP contribution < -0.4 is 0 Å². The molecule has 0 radical (unpaired) electrons. The highest BCUT2D eigenvalue weighted by molar-refractivity contribution is 6.07. The maximum absolute atomic E-state index is 12.8. The van der Waals surface area contributed by atoms with Crippen molar-refractivity contribution in [1.29, 1.82) is 0 Å². The third-order valence-electron chi connectivity index (χ3n) is 6.73. The Morgan fingerprint density at radius 1 is 1.07 bits per heavy atom. The lowest BCUT2D eigenvalue weighted by molar-refractivity contribution is 0.0653. The number of hydrogen-bond donors (Lipinski definition) is 1. The fourth-order valence-corrected chi connectivity index (χ4v) is 4.72. The Hall–Kier alpha value is -2.55. The molecule has 138 valence electrons. The lowest BCUT2D eigenvalue weighted by Crippen LogP contribution is -2.42. The molecule has 2 heterocycles. The zero-order valence-electron chi connectivity index (χ0n) is 15.9. The van der Waals surface area contributed by atoms with Crippen molar-refractivity contribution in [3.05, 3.63) is 70.9 Å². The van der Waals surface area contributed by atoms with Crippen molar-refractivity contribution in [2.45, 2.75) is 44.4 Å². The maximum atomic E-state index is 12.8. The molecule has 1 N–H and O–H groups in total. The zero-order chi connectivity index (χ0) is 18.4. The Bertz CT molecular complexity index is 991. The molecule has 1 aliphatic carbocycles. The van der Waals surface area contributed by atoms with E-state index in [0.717, 1.165) is 37.0 Å². The Balaban J connectivity index is 1.60. The van der Waals surface area contributed by atoms with Crippen molar-refractivity contribution in [3.63, 3.8) is 0 Å². The molecular weight excluding hydrogens is 332 g/mol. The number of nitrogens with one attached hydrogen (secondary N) is 1. The highest BCUT2D eigenvalue weighted by Gasteiger charge is 2.42. The van der Waals surface area contributed by atoms with Crippen molar-refractivity contribution in [1.82, 2.24) is 9.88 Å². The summed E-state index contributed by atoms with van der Waals surface area (Å²) in [5.41, 5.74) is 6.05. The van der Waals surface area contributed by atoms with E-state index in [1.165, 1.54) is 41.3 Å². The molecule has 3 nitrogen and oxygen atoms in total. The van der Waals surface area contributed by atoms with Crippen molar-refractivity contribution < 1.29 is 4.79 Å². The van der Waals surface area contributed by atoms with Crippen molar-refractivity contribution >= 4 is 16.8 Å². The fourth-order valence-electron chi connectivity index (χ4n) is 4.72. The SMILES string of the molecule is CCc1ccc(C2(c3c[nH]c4c(C(=O)N5CCC5)cccc34)CCC2)cc1. The molecule has 2 fully saturated rings. The molecule has 1 saturated carbocycles. The first-order valence-electron chi connectivity index (χ1n) is 10.2. The van der Waals surface area contributed by atoms with E-state index in [1.54, 1.807) is 0 Å². The molecule has 3 heteroatoms. The number of benzene rings is 2. The van der Waals surface area contributed by atoms with Crippen LogP contribution in [0.2, 0.25) is 0 Å². The Labute approximate surface area is 160 Å². The first-order valence-corrected chi connectivity index (χ1v) is 10.2. The summed E-state index contributed by atoms with van der Waals surface area (Å²) in [6, 6.07) is 15.3. The van der Waals surface area contributed by atoms with Crippen LogP contribution in [0.25, 0.3) is 10.9 Å². The van der Waals surface area contributed by atoms with Crippen LogP contribution in [0.1, 0.15) is 59.7 Å². The average molecular weight is 358 g/mol. The number of rotatable bonds is 4. The number of amides is 1. The van der Waals surface area contributed by atoms with E-state index in [-0.39, 0.29) is 11.3 Å². The summed E-state index contributed by atoms with van der Waals surface area (Å²) in [6.45, 7) is 3.97. The first kappa shape index (κ1) is 16.6.